The maximum atomic E-state index is 3.71. The van der Waals surface area contributed by atoms with Crippen LogP contribution >= 0.6 is 0 Å². The third-order valence-electron chi connectivity index (χ3n) is 4.15. The normalized spacial score (nSPS) is 13.9. The molecule has 0 saturated heterocycles. The minimum Gasteiger partial charge on any atom is -0.313 e. The van der Waals surface area contributed by atoms with Crippen LogP contribution in [0.5, 0.6) is 0 Å². The Labute approximate surface area is 129 Å². The first kappa shape index (κ1) is 15.8. The van der Waals surface area contributed by atoms with Gasteiger partial charge in [-0.1, -0.05) is 74.9 Å². The van der Waals surface area contributed by atoms with E-state index in [1.807, 2.05) is 0 Å². The van der Waals surface area contributed by atoms with Crippen molar-refractivity contribution in [2.24, 2.45) is 0 Å². The van der Waals surface area contributed by atoms with Gasteiger partial charge in [-0.05, 0) is 36.6 Å². The summed E-state index contributed by atoms with van der Waals surface area (Å²) in [5, 5.41) is 3.71. The van der Waals surface area contributed by atoms with Crippen molar-refractivity contribution in [2.75, 3.05) is 6.54 Å². The molecule has 2 aromatic carbocycles. The first-order valence-electron chi connectivity index (χ1n) is 8.11. The second kappa shape index (κ2) is 7.99. The lowest BCUT2D eigenvalue weighted by Crippen LogP contribution is -2.35. The largest absolute Gasteiger partial charge is 0.313 e. The van der Waals surface area contributed by atoms with Gasteiger partial charge in [0.25, 0.3) is 0 Å². The lowest BCUT2D eigenvalue weighted by atomic mass is 9.81. The topological polar surface area (TPSA) is 12.0 Å². The van der Waals surface area contributed by atoms with Crippen LogP contribution in [0.2, 0.25) is 0 Å². The summed E-state index contributed by atoms with van der Waals surface area (Å²) < 4.78 is 0. The fourth-order valence-corrected chi connectivity index (χ4v) is 3.18. The number of likely N-dealkylation sites (N-methyl/N-ethyl adjacent to an activating group) is 1. The smallest absolute Gasteiger partial charge is 0.0246 e. The molecule has 2 unspecified atom stereocenters. The lowest BCUT2D eigenvalue weighted by molar-refractivity contribution is 0.444. The number of aryl methyl sites for hydroxylation is 1. The highest BCUT2D eigenvalue weighted by Gasteiger charge is 2.24. The summed E-state index contributed by atoms with van der Waals surface area (Å²) in [7, 11) is 0. The number of benzene rings is 2. The van der Waals surface area contributed by atoms with E-state index in [9.17, 15) is 0 Å². The Balaban J connectivity index is 2.46. The summed E-state index contributed by atoms with van der Waals surface area (Å²) in [5.41, 5.74) is 4.24. The number of rotatable bonds is 7. The monoisotopic (exact) mass is 281 g/mol. The van der Waals surface area contributed by atoms with E-state index in [2.05, 4.69) is 80.7 Å². The molecule has 2 aromatic rings. The molecular formula is C20H27N. The zero-order valence-electron chi connectivity index (χ0n) is 13.5. The van der Waals surface area contributed by atoms with Crippen molar-refractivity contribution < 1.29 is 0 Å². The first-order chi connectivity index (χ1) is 10.3. The van der Waals surface area contributed by atoms with Crippen molar-refractivity contribution in [1.82, 2.24) is 5.32 Å². The summed E-state index contributed by atoms with van der Waals surface area (Å²) in [4.78, 5) is 0. The van der Waals surface area contributed by atoms with Crippen LogP contribution in [-0.2, 0) is 0 Å². The third-order valence-corrected chi connectivity index (χ3v) is 4.15. The average molecular weight is 281 g/mol. The van der Waals surface area contributed by atoms with Crippen molar-refractivity contribution in [3.63, 3.8) is 0 Å². The molecule has 1 N–H and O–H groups in total. The highest BCUT2D eigenvalue weighted by molar-refractivity contribution is 5.39. The summed E-state index contributed by atoms with van der Waals surface area (Å²) in [6.07, 6.45) is 2.40. The molecule has 0 aliphatic carbocycles. The quantitative estimate of drug-likeness (QED) is 0.760. The highest BCUT2D eigenvalue weighted by atomic mass is 14.9. The predicted molar refractivity (Wildman–Crippen MR) is 91.8 cm³/mol. The van der Waals surface area contributed by atoms with Crippen molar-refractivity contribution >= 4 is 0 Å². The Hall–Kier alpha value is -1.60. The van der Waals surface area contributed by atoms with Crippen molar-refractivity contribution in [3.05, 3.63) is 71.3 Å². The molecule has 0 aliphatic heterocycles. The molecular weight excluding hydrogens is 254 g/mol. The van der Waals surface area contributed by atoms with Gasteiger partial charge in [-0.25, -0.2) is 0 Å². The molecule has 1 heteroatoms. The highest BCUT2D eigenvalue weighted by Crippen LogP contribution is 2.32. The molecule has 2 rings (SSSR count). The van der Waals surface area contributed by atoms with Crippen LogP contribution in [0.4, 0.5) is 0 Å². The Kier molecular flexibility index (Phi) is 6.01. The molecule has 0 bridgehead atoms. The van der Waals surface area contributed by atoms with Crippen LogP contribution in [0.1, 0.15) is 49.3 Å². The number of hydrogen-bond donors (Lipinski definition) is 1. The van der Waals surface area contributed by atoms with Crippen LogP contribution in [0.15, 0.2) is 54.6 Å². The summed E-state index contributed by atoms with van der Waals surface area (Å²) in [6.45, 7) is 7.70. The molecule has 0 aliphatic rings. The van der Waals surface area contributed by atoms with Crippen LogP contribution in [0.25, 0.3) is 0 Å². The minimum absolute atomic E-state index is 0.423. The second-order valence-electron chi connectivity index (χ2n) is 5.70. The molecule has 0 spiro atoms. The zero-order valence-corrected chi connectivity index (χ0v) is 13.5. The van der Waals surface area contributed by atoms with Gasteiger partial charge in [-0.2, -0.15) is 0 Å². The van der Waals surface area contributed by atoms with Gasteiger partial charge in [0.1, 0.15) is 0 Å². The van der Waals surface area contributed by atoms with Gasteiger partial charge in [-0.3, -0.25) is 0 Å². The standard InChI is InChI=1S/C20H27N/c1-4-11-19(21-5-2)20(17-13-7-6-8-14-17)18-15-10-9-12-16(18)3/h6-10,12-15,19-21H,4-5,11H2,1-3H3. The molecule has 2 atom stereocenters. The average Bonchev–Trinajstić information content (AvgIpc) is 2.51. The van der Waals surface area contributed by atoms with E-state index < -0.39 is 0 Å². The molecule has 112 valence electrons. The predicted octanol–water partition coefficient (Wildman–Crippen LogP) is 4.91. The van der Waals surface area contributed by atoms with Gasteiger partial charge in [0.15, 0.2) is 0 Å². The molecule has 1 nitrogen and oxygen atoms in total. The molecule has 0 fully saturated rings. The van der Waals surface area contributed by atoms with E-state index in [0.29, 0.717) is 12.0 Å². The minimum atomic E-state index is 0.423. The van der Waals surface area contributed by atoms with Gasteiger partial charge in [-0.15, -0.1) is 0 Å². The molecule has 0 aromatic heterocycles. The third kappa shape index (κ3) is 3.95. The molecule has 21 heavy (non-hydrogen) atoms. The van der Waals surface area contributed by atoms with Gasteiger partial charge < -0.3 is 5.32 Å². The molecule has 0 radical (unpaired) electrons. The lowest BCUT2D eigenvalue weighted by Gasteiger charge is -2.30. The van der Waals surface area contributed by atoms with E-state index in [0.717, 1.165) is 6.54 Å². The van der Waals surface area contributed by atoms with E-state index in [1.165, 1.54) is 29.5 Å². The van der Waals surface area contributed by atoms with Crippen LogP contribution < -0.4 is 5.32 Å². The van der Waals surface area contributed by atoms with Crippen molar-refractivity contribution in [3.8, 4) is 0 Å². The van der Waals surface area contributed by atoms with Gasteiger partial charge in [0.05, 0.1) is 0 Å². The van der Waals surface area contributed by atoms with Crippen LogP contribution in [-0.4, -0.2) is 12.6 Å². The Morgan fingerprint density at radius 2 is 1.57 bits per heavy atom. The first-order valence-corrected chi connectivity index (χ1v) is 8.11. The second-order valence-corrected chi connectivity index (χ2v) is 5.70. The number of nitrogens with one attached hydrogen (secondary N) is 1. The van der Waals surface area contributed by atoms with Gasteiger partial charge in [0, 0.05) is 12.0 Å². The van der Waals surface area contributed by atoms with E-state index in [4.69, 9.17) is 0 Å². The fourth-order valence-electron chi connectivity index (χ4n) is 3.18. The van der Waals surface area contributed by atoms with E-state index >= 15 is 0 Å². The van der Waals surface area contributed by atoms with Crippen molar-refractivity contribution in [2.45, 2.75) is 45.6 Å². The zero-order chi connectivity index (χ0) is 15.1. The van der Waals surface area contributed by atoms with Crippen LogP contribution in [0.3, 0.4) is 0 Å². The molecule has 0 heterocycles. The summed E-state index contributed by atoms with van der Waals surface area (Å²) in [5.74, 6) is 0.423. The van der Waals surface area contributed by atoms with E-state index in [1.54, 1.807) is 0 Å². The Morgan fingerprint density at radius 3 is 2.19 bits per heavy atom. The summed E-state index contributed by atoms with van der Waals surface area (Å²) in [6, 6.07) is 20.2. The number of hydrogen-bond acceptors (Lipinski definition) is 1. The van der Waals surface area contributed by atoms with Crippen molar-refractivity contribution in [1.29, 1.82) is 0 Å². The maximum absolute atomic E-state index is 3.71. The SMILES string of the molecule is CCCC(NCC)C(c1ccccc1)c1ccccc1C. The molecule has 0 amide bonds. The van der Waals surface area contributed by atoms with Gasteiger partial charge >= 0.3 is 0 Å². The van der Waals surface area contributed by atoms with E-state index in [-0.39, 0.29) is 0 Å². The summed E-state index contributed by atoms with van der Waals surface area (Å²) >= 11 is 0. The Morgan fingerprint density at radius 1 is 0.905 bits per heavy atom. The Bertz CT molecular complexity index is 527. The van der Waals surface area contributed by atoms with Crippen LogP contribution in [0, 0.1) is 6.92 Å². The molecule has 0 saturated carbocycles. The fraction of sp³-hybridized carbons (Fsp3) is 0.400. The maximum Gasteiger partial charge on any atom is 0.0246 e. The van der Waals surface area contributed by atoms with Gasteiger partial charge in [0.2, 0.25) is 0 Å².